The van der Waals surface area contributed by atoms with Gasteiger partial charge in [0.25, 0.3) is 0 Å². The molecule has 0 unspecified atom stereocenters. The van der Waals surface area contributed by atoms with E-state index in [4.69, 9.17) is 11.6 Å². The minimum atomic E-state index is -3.48. The van der Waals surface area contributed by atoms with Gasteiger partial charge in [0.15, 0.2) is 0 Å². The normalized spacial score (nSPS) is 20.6. The molecule has 6 heteroatoms. The Hall–Kier alpha value is -0.620. The Kier molecular flexibility index (Phi) is 5.07. The van der Waals surface area contributed by atoms with Gasteiger partial charge in [-0.3, -0.25) is 0 Å². The van der Waals surface area contributed by atoms with E-state index in [1.807, 2.05) is 0 Å². The molecule has 1 aliphatic rings. The Morgan fingerprint density at radius 3 is 2.50 bits per heavy atom. The van der Waals surface area contributed by atoms with Gasteiger partial charge in [-0.15, -0.1) is 0 Å². The minimum absolute atomic E-state index is 0.490. The molecule has 20 heavy (non-hydrogen) atoms. The molecule has 0 bridgehead atoms. The van der Waals surface area contributed by atoms with Gasteiger partial charge in [-0.2, -0.15) is 0 Å². The number of hydrogen-bond donors (Lipinski definition) is 1. The van der Waals surface area contributed by atoms with Crippen LogP contribution >= 0.6 is 11.6 Å². The quantitative estimate of drug-likeness (QED) is 0.928. The van der Waals surface area contributed by atoms with Gasteiger partial charge in [0.1, 0.15) is 5.25 Å². The van der Waals surface area contributed by atoms with E-state index in [0.717, 1.165) is 19.3 Å². The predicted molar refractivity (Wildman–Crippen MR) is 80.2 cm³/mol. The number of halogens is 1. The Morgan fingerprint density at radius 2 is 1.90 bits per heavy atom. The van der Waals surface area contributed by atoms with Gasteiger partial charge in [0.2, 0.25) is 10.0 Å². The van der Waals surface area contributed by atoms with E-state index in [1.54, 1.807) is 31.2 Å². The highest BCUT2D eigenvalue weighted by Gasteiger charge is 2.34. The van der Waals surface area contributed by atoms with E-state index < -0.39 is 21.4 Å². The van der Waals surface area contributed by atoms with Crippen molar-refractivity contribution in [1.29, 1.82) is 0 Å². The van der Waals surface area contributed by atoms with E-state index in [2.05, 4.69) is 0 Å². The van der Waals surface area contributed by atoms with Crippen LogP contribution in [-0.2, 0) is 10.0 Å². The summed E-state index contributed by atoms with van der Waals surface area (Å²) >= 11 is 5.89. The van der Waals surface area contributed by atoms with E-state index in [9.17, 15) is 13.5 Å². The second-order valence-corrected chi connectivity index (χ2v) is 7.94. The smallest absolute Gasteiger partial charge is 0.219 e. The van der Waals surface area contributed by atoms with Gasteiger partial charge in [-0.05, 0) is 37.5 Å². The molecule has 112 valence electrons. The van der Waals surface area contributed by atoms with Crippen LogP contribution in [0.1, 0.15) is 37.9 Å². The van der Waals surface area contributed by atoms with Gasteiger partial charge in [-0.25, -0.2) is 12.7 Å². The summed E-state index contributed by atoms with van der Waals surface area (Å²) in [6, 6.07) is 6.70. The topological polar surface area (TPSA) is 57.6 Å². The fourth-order valence-corrected chi connectivity index (χ4v) is 4.40. The molecule has 0 aromatic heterocycles. The zero-order valence-corrected chi connectivity index (χ0v) is 13.1. The Labute approximate surface area is 125 Å². The fourth-order valence-electron chi connectivity index (χ4n) is 2.48. The number of nitrogens with zero attached hydrogens (tertiary/aromatic N) is 1. The summed E-state index contributed by atoms with van der Waals surface area (Å²) in [7, 11) is -3.48. The number of aliphatic hydroxyl groups is 1. The first-order chi connectivity index (χ1) is 9.43. The zero-order chi connectivity index (χ0) is 14.8. The van der Waals surface area contributed by atoms with Crippen LogP contribution in [0.3, 0.4) is 0 Å². The van der Waals surface area contributed by atoms with Crippen LogP contribution < -0.4 is 0 Å². The van der Waals surface area contributed by atoms with Gasteiger partial charge in [-0.1, -0.05) is 30.2 Å². The van der Waals surface area contributed by atoms with Crippen molar-refractivity contribution in [1.82, 2.24) is 4.31 Å². The monoisotopic (exact) mass is 317 g/mol. The lowest BCUT2D eigenvalue weighted by Crippen LogP contribution is -2.42. The first-order valence-electron chi connectivity index (χ1n) is 6.85. The minimum Gasteiger partial charge on any atom is -0.387 e. The molecular formula is C14H20ClNO3S. The van der Waals surface area contributed by atoms with Crippen molar-refractivity contribution in [3.05, 3.63) is 34.9 Å². The summed E-state index contributed by atoms with van der Waals surface area (Å²) in [6.07, 6.45) is 1.77. The molecule has 0 radical (unpaired) electrons. The molecule has 2 rings (SSSR count). The first-order valence-corrected chi connectivity index (χ1v) is 8.73. The van der Waals surface area contributed by atoms with Gasteiger partial charge in [0, 0.05) is 18.1 Å². The molecule has 0 amide bonds. The molecule has 0 saturated carbocycles. The van der Waals surface area contributed by atoms with E-state index in [1.165, 1.54) is 4.31 Å². The van der Waals surface area contributed by atoms with Crippen molar-refractivity contribution < 1.29 is 13.5 Å². The largest absolute Gasteiger partial charge is 0.387 e. The molecule has 0 spiro atoms. The lowest BCUT2D eigenvalue weighted by molar-refractivity contribution is 0.172. The average Bonchev–Trinajstić information content (AvgIpc) is 2.46. The van der Waals surface area contributed by atoms with E-state index >= 15 is 0 Å². The lowest BCUT2D eigenvalue weighted by atomic mass is 10.1. The highest BCUT2D eigenvalue weighted by Crippen LogP contribution is 2.27. The van der Waals surface area contributed by atoms with Crippen LogP contribution in [0.25, 0.3) is 0 Å². The molecule has 1 aliphatic heterocycles. The third-order valence-corrected chi connectivity index (χ3v) is 6.30. The second kappa shape index (κ2) is 6.43. The number of sulfonamides is 1. The standard InChI is InChI=1S/C14H20ClNO3S/c1-11(14(17)12-6-5-7-13(15)10-12)20(18,19)16-8-3-2-4-9-16/h5-7,10-11,14,17H,2-4,8-9H2,1H3/t11-,14-/m0/s1. The third-order valence-electron chi connectivity index (χ3n) is 3.78. The zero-order valence-electron chi connectivity index (χ0n) is 11.5. The molecule has 1 aromatic carbocycles. The molecule has 2 atom stereocenters. The first kappa shape index (κ1) is 15.8. The molecule has 4 nitrogen and oxygen atoms in total. The van der Waals surface area contributed by atoms with Crippen molar-refractivity contribution in [2.75, 3.05) is 13.1 Å². The van der Waals surface area contributed by atoms with Crippen LogP contribution in [0.15, 0.2) is 24.3 Å². The van der Waals surface area contributed by atoms with Crippen molar-refractivity contribution in [2.45, 2.75) is 37.5 Å². The number of aliphatic hydroxyl groups excluding tert-OH is 1. The Bertz CT molecular complexity index is 555. The Morgan fingerprint density at radius 1 is 1.25 bits per heavy atom. The van der Waals surface area contributed by atoms with Crippen LogP contribution in [0.4, 0.5) is 0 Å². The van der Waals surface area contributed by atoms with Crippen molar-refractivity contribution in [3.8, 4) is 0 Å². The molecule has 1 heterocycles. The summed E-state index contributed by atoms with van der Waals surface area (Å²) in [5.74, 6) is 0. The van der Waals surface area contributed by atoms with Crippen LogP contribution in [0, 0.1) is 0 Å². The summed E-state index contributed by atoms with van der Waals surface area (Å²) in [4.78, 5) is 0. The van der Waals surface area contributed by atoms with Crippen LogP contribution in [-0.4, -0.2) is 36.2 Å². The maximum absolute atomic E-state index is 12.5. The summed E-state index contributed by atoms with van der Waals surface area (Å²) in [6.45, 7) is 2.65. The van der Waals surface area contributed by atoms with Gasteiger partial charge in [0.05, 0.1) is 6.10 Å². The lowest BCUT2D eigenvalue weighted by Gasteiger charge is -2.30. The second-order valence-electron chi connectivity index (χ2n) is 5.21. The fraction of sp³-hybridized carbons (Fsp3) is 0.571. The molecule has 1 N–H and O–H groups in total. The summed E-state index contributed by atoms with van der Waals surface area (Å²) in [5.41, 5.74) is 0.533. The average molecular weight is 318 g/mol. The SMILES string of the molecule is C[C@@H]([C@H](O)c1cccc(Cl)c1)S(=O)(=O)N1CCCCC1. The van der Waals surface area contributed by atoms with Crippen LogP contribution in [0.5, 0.6) is 0 Å². The summed E-state index contributed by atoms with van der Waals surface area (Å²) < 4.78 is 26.5. The molecule has 1 saturated heterocycles. The number of piperidine rings is 1. The van der Waals surface area contributed by atoms with Crippen molar-refractivity contribution >= 4 is 21.6 Å². The van der Waals surface area contributed by atoms with Crippen LogP contribution in [0.2, 0.25) is 5.02 Å². The summed E-state index contributed by atoms with van der Waals surface area (Å²) in [5, 5.41) is 9.93. The van der Waals surface area contributed by atoms with E-state index in [-0.39, 0.29) is 0 Å². The molecule has 0 aliphatic carbocycles. The van der Waals surface area contributed by atoms with Crippen molar-refractivity contribution in [3.63, 3.8) is 0 Å². The highest BCUT2D eigenvalue weighted by molar-refractivity contribution is 7.89. The van der Waals surface area contributed by atoms with Crippen molar-refractivity contribution in [2.24, 2.45) is 0 Å². The third kappa shape index (κ3) is 3.34. The molecule has 1 aromatic rings. The van der Waals surface area contributed by atoms with Gasteiger partial charge >= 0.3 is 0 Å². The Balaban J connectivity index is 2.18. The number of benzene rings is 1. The molecule has 1 fully saturated rings. The molecular weight excluding hydrogens is 298 g/mol. The number of rotatable bonds is 4. The predicted octanol–water partition coefficient (Wildman–Crippen LogP) is 2.58. The number of hydrogen-bond acceptors (Lipinski definition) is 3. The van der Waals surface area contributed by atoms with Gasteiger partial charge < -0.3 is 5.11 Å². The van der Waals surface area contributed by atoms with E-state index in [0.29, 0.717) is 23.7 Å². The highest BCUT2D eigenvalue weighted by atomic mass is 35.5. The maximum atomic E-state index is 12.5. The maximum Gasteiger partial charge on any atom is 0.219 e.